The lowest BCUT2D eigenvalue weighted by Crippen LogP contribution is -2.48. The van der Waals surface area contributed by atoms with Crippen LogP contribution in [0.25, 0.3) is 0 Å². The molecule has 5 nitrogen and oxygen atoms in total. The van der Waals surface area contributed by atoms with Crippen molar-refractivity contribution in [3.8, 4) is 0 Å². The number of alkyl carbamates (subject to hydrolysis) is 1. The summed E-state index contributed by atoms with van der Waals surface area (Å²) in [5, 5.41) is 21.5. The van der Waals surface area contributed by atoms with Gasteiger partial charge in [0.25, 0.3) is 0 Å². The molecule has 112 valence electrons. The first-order chi connectivity index (χ1) is 9.31. The number of hydrogen-bond acceptors (Lipinski definition) is 4. The van der Waals surface area contributed by atoms with Gasteiger partial charge in [0.15, 0.2) is 0 Å². The van der Waals surface area contributed by atoms with E-state index in [4.69, 9.17) is 9.84 Å². The molecule has 1 amide bonds. The molecule has 0 aliphatic heterocycles. The summed E-state index contributed by atoms with van der Waals surface area (Å²) in [5.41, 5.74) is 0.354. The second-order valence-electron chi connectivity index (χ2n) is 5.69. The molecule has 0 aliphatic carbocycles. The Balaban J connectivity index is 2.68. The third kappa shape index (κ3) is 6.04. The van der Waals surface area contributed by atoms with E-state index in [-0.39, 0.29) is 0 Å². The van der Waals surface area contributed by atoms with Gasteiger partial charge in [0.1, 0.15) is 5.60 Å². The summed E-state index contributed by atoms with van der Waals surface area (Å²) in [6, 6.07) is 8.85. The third-order valence-electron chi connectivity index (χ3n) is 2.65. The molecule has 2 atom stereocenters. The number of nitrogens with one attached hydrogen (secondary N) is 1. The highest BCUT2D eigenvalue weighted by molar-refractivity contribution is 5.68. The van der Waals surface area contributed by atoms with Crippen LogP contribution in [0.5, 0.6) is 0 Å². The average molecular weight is 281 g/mol. The number of amides is 1. The summed E-state index contributed by atoms with van der Waals surface area (Å²) >= 11 is 0. The Bertz CT molecular complexity index is 414. The van der Waals surface area contributed by atoms with Crippen molar-refractivity contribution in [2.45, 2.75) is 44.9 Å². The molecule has 0 fully saturated rings. The van der Waals surface area contributed by atoms with Gasteiger partial charge in [-0.15, -0.1) is 0 Å². The van der Waals surface area contributed by atoms with Gasteiger partial charge in [-0.25, -0.2) is 4.79 Å². The molecule has 20 heavy (non-hydrogen) atoms. The van der Waals surface area contributed by atoms with Gasteiger partial charge in [0.2, 0.25) is 0 Å². The minimum Gasteiger partial charge on any atom is -0.444 e. The smallest absolute Gasteiger partial charge is 0.407 e. The van der Waals surface area contributed by atoms with E-state index in [0.29, 0.717) is 6.42 Å². The number of hydrogen-bond donors (Lipinski definition) is 3. The molecule has 5 heteroatoms. The van der Waals surface area contributed by atoms with Gasteiger partial charge in [-0.2, -0.15) is 0 Å². The van der Waals surface area contributed by atoms with Gasteiger partial charge >= 0.3 is 6.09 Å². The van der Waals surface area contributed by atoms with Crippen LogP contribution in [-0.4, -0.2) is 40.7 Å². The number of benzene rings is 1. The molecule has 1 rings (SSSR count). The zero-order chi connectivity index (χ0) is 15.2. The summed E-state index contributed by atoms with van der Waals surface area (Å²) in [6.45, 7) is 4.87. The molecule has 0 saturated heterocycles. The maximum atomic E-state index is 11.8. The maximum absolute atomic E-state index is 11.8. The van der Waals surface area contributed by atoms with Crippen molar-refractivity contribution in [1.29, 1.82) is 0 Å². The van der Waals surface area contributed by atoms with E-state index >= 15 is 0 Å². The fourth-order valence-corrected chi connectivity index (χ4v) is 1.74. The molecule has 0 aromatic heterocycles. The molecular formula is C15H23NO4. The Morgan fingerprint density at radius 3 is 2.40 bits per heavy atom. The molecule has 0 heterocycles. The number of rotatable bonds is 5. The first-order valence-corrected chi connectivity index (χ1v) is 6.64. The van der Waals surface area contributed by atoms with Gasteiger partial charge in [0.05, 0.1) is 18.8 Å². The number of aliphatic hydroxyl groups excluding tert-OH is 2. The monoisotopic (exact) mass is 281 g/mol. The zero-order valence-corrected chi connectivity index (χ0v) is 12.2. The average Bonchev–Trinajstić information content (AvgIpc) is 2.36. The Morgan fingerprint density at radius 1 is 1.30 bits per heavy atom. The fraction of sp³-hybridized carbons (Fsp3) is 0.533. The zero-order valence-electron chi connectivity index (χ0n) is 12.2. The predicted molar refractivity (Wildman–Crippen MR) is 76.4 cm³/mol. The number of aliphatic hydroxyl groups is 2. The Kier molecular flexibility index (Phi) is 5.98. The van der Waals surface area contributed by atoms with Crippen LogP contribution in [0.15, 0.2) is 30.3 Å². The van der Waals surface area contributed by atoms with E-state index in [1.807, 2.05) is 30.3 Å². The van der Waals surface area contributed by atoms with Crippen LogP contribution in [0.3, 0.4) is 0 Å². The minimum absolute atomic E-state index is 0.418. The molecule has 1 aromatic carbocycles. The predicted octanol–water partition coefficient (Wildman–Crippen LogP) is 1.48. The lowest BCUT2D eigenvalue weighted by molar-refractivity contribution is 0.0320. The topological polar surface area (TPSA) is 78.8 Å². The maximum Gasteiger partial charge on any atom is 0.407 e. The second kappa shape index (κ2) is 7.26. The highest BCUT2D eigenvalue weighted by atomic mass is 16.6. The normalized spacial score (nSPS) is 14.4. The highest BCUT2D eigenvalue weighted by Crippen LogP contribution is 2.10. The molecule has 0 aliphatic rings. The van der Waals surface area contributed by atoms with Crippen LogP contribution < -0.4 is 5.32 Å². The van der Waals surface area contributed by atoms with Gasteiger partial charge in [-0.05, 0) is 32.8 Å². The fourth-order valence-electron chi connectivity index (χ4n) is 1.74. The van der Waals surface area contributed by atoms with Crippen molar-refractivity contribution >= 4 is 6.09 Å². The van der Waals surface area contributed by atoms with Crippen LogP contribution >= 0.6 is 0 Å². The van der Waals surface area contributed by atoms with Crippen LogP contribution in [0, 0.1) is 0 Å². The first-order valence-electron chi connectivity index (χ1n) is 6.64. The number of ether oxygens (including phenoxy) is 1. The summed E-state index contributed by atoms with van der Waals surface area (Å²) in [6.07, 6.45) is -1.23. The van der Waals surface area contributed by atoms with Crippen molar-refractivity contribution in [2.24, 2.45) is 0 Å². The second-order valence-corrected chi connectivity index (χ2v) is 5.69. The first kappa shape index (κ1) is 16.5. The van der Waals surface area contributed by atoms with Gasteiger partial charge in [0, 0.05) is 0 Å². The number of carbonyl (C=O) groups is 1. The van der Waals surface area contributed by atoms with E-state index in [1.165, 1.54) is 0 Å². The number of carbonyl (C=O) groups excluding carboxylic acids is 1. The Morgan fingerprint density at radius 2 is 1.90 bits per heavy atom. The van der Waals surface area contributed by atoms with Crippen molar-refractivity contribution in [1.82, 2.24) is 5.32 Å². The molecule has 1 aromatic rings. The van der Waals surface area contributed by atoms with Crippen molar-refractivity contribution in [3.05, 3.63) is 35.9 Å². The molecule has 1 unspecified atom stereocenters. The molecule has 0 bridgehead atoms. The Hall–Kier alpha value is -1.59. The van der Waals surface area contributed by atoms with Crippen LogP contribution in [0.1, 0.15) is 26.3 Å². The summed E-state index contributed by atoms with van der Waals surface area (Å²) in [4.78, 5) is 11.8. The molecule has 0 saturated carbocycles. The van der Waals surface area contributed by atoms with Gasteiger partial charge in [-0.1, -0.05) is 30.3 Å². The van der Waals surface area contributed by atoms with Crippen LogP contribution in [0.2, 0.25) is 0 Å². The summed E-state index contributed by atoms with van der Waals surface area (Å²) in [7, 11) is 0. The standard InChI is InChI=1S/C15H23NO4/c1-15(2,3)20-14(19)16-12(13(18)10-17)9-11-7-5-4-6-8-11/h4-8,12-13,17-18H,9-10H2,1-3H3,(H,16,19)/t12-,13?/m0/s1. The lowest BCUT2D eigenvalue weighted by Gasteiger charge is -2.26. The van der Waals surface area contributed by atoms with Crippen molar-refractivity contribution in [2.75, 3.05) is 6.61 Å². The highest BCUT2D eigenvalue weighted by Gasteiger charge is 2.24. The molecule has 0 spiro atoms. The molecule has 3 N–H and O–H groups in total. The summed E-state index contributed by atoms with van der Waals surface area (Å²) < 4.78 is 5.16. The van der Waals surface area contributed by atoms with E-state index < -0.39 is 30.4 Å². The van der Waals surface area contributed by atoms with E-state index in [1.54, 1.807) is 20.8 Å². The van der Waals surface area contributed by atoms with E-state index in [0.717, 1.165) is 5.56 Å². The van der Waals surface area contributed by atoms with Crippen LogP contribution in [-0.2, 0) is 11.2 Å². The summed E-state index contributed by atoms with van der Waals surface area (Å²) in [5.74, 6) is 0. The largest absolute Gasteiger partial charge is 0.444 e. The van der Waals surface area contributed by atoms with E-state index in [9.17, 15) is 9.90 Å². The third-order valence-corrected chi connectivity index (χ3v) is 2.65. The lowest BCUT2D eigenvalue weighted by atomic mass is 10.0. The van der Waals surface area contributed by atoms with Gasteiger partial charge < -0.3 is 20.3 Å². The Labute approximate surface area is 119 Å². The van der Waals surface area contributed by atoms with Crippen molar-refractivity contribution < 1.29 is 19.7 Å². The van der Waals surface area contributed by atoms with E-state index in [2.05, 4.69) is 5.32 Å². The van der Waals surface area contributed by atoms with Gasteiger partial charge in [-0.3, -0.25) is 0 Å². The molecular weight excluding hydrogens is 258 g/mol. The van der Waals surface area contributed by atoms with Crippen LogP contribution in [0.4, 0.5) is 4.79 Å². The SMILES string of the molecule is CC(C)(C)OC(=O)N[C@@H](Cc1ccccc1)C(O)CO. The quantitative estimate of drug-likeness (QED) is 0.764. The van der Waals surface area contributed by atoms with Crippen molar-refractivity contribution in [3.63, 3.8) is 0 Å². The minimum atomic E-state index is -1.04. The molecule has 0 radical (unpaired) electrons.